The molecule has 2 N–H and O–H groups in total. The highest BCUT2D eigenvalue weighted by atomic mass is 16.5. The van der Waals surface area contributed by atoms with Gasteiger partial charge in [-0.1, -0.05) is 25.9 Å². The maximum Gasteiger partial charge on any atom is 0.228 e. The Morgan fingerprint density at radius 1 is 1.37 bits per heavy atom. The molecule has 5 nitrogen and oxygen atoms in total. The number of nitrogens with two attached hydrogens (primary N) is 1. The molecule has 1 aromatic heterocycles. The summed E-state index contributed by atoms with van der Waals surface area (Å²) in [6.07, 6.45) is 5.09. The standard InChI is InChI=1S/C14H25N3O2/c1-14(2,3)11(15)9-13-16-12(17-19-13)8-10-6-4-5-7-18-10/h10-11H,4-9,15H2,1-3H3. The van der Waals surface area contributed by atoms with Crippen LogP contribution in [0.5, 0.6) is 0 Å². The molecule has 1 fully saturated rings. The van der Waals surface area contributed by atoms with Crippen LogP contribution in [0.3, 0.4) is 0 Å². The zero-order chi connectivity index (χ0) is 13.9. The van der Waals surface area contributed by atoms with E-state index in [1.807, 2.05) is 0 Å². The molecule has 1 aliphatic rings. The Bertz CT molecular complexity index is 392. The zero-order valence-corrected chi connectivity index (χ0v) is 12.2. The summed E-state index contributed by atoms with van der Waals surface area (Å²) in [4.78, 5) is 4.42. The van der Waals surface area contributed by atoms with Crippen LogP contribution in [0.25, 0.3) is 0 Å². The van der Waals surface area contributed by atoms with Gasteiger partial charge < -0.3 is 15.0 Å². The van der Waals surface area contributed by atoms with Gasteiger partial charge >= 0.3 is 0 Å². The highest BCUT2D eigenvalue weighted by molar-refractivity contribution is 4.93. The molecule has 1 saturated heterocycles. The summed E-state index contributed by atoms with van der Waals surface area (Å²) in [7, 11) is 0. The van der Waals surface area contributed by atoms with E-state index in [1.165, 1.54) is 6.42 Å². The van der Waals surface area contributed by atoms with E-state index >= 15 is 0 Å². The summed E-state index contributed by atoms with van der Waals surface area (Å²) in [5.41, 5.74) is 6.17. The van der Waals surface area contributed by atoms with Crippen molar-refractivity contribution in [2.75, 3.05) is 6.61 Å². The lowest BCUT2D eigenvalue weighted by atomic mass is 9.85. The molecule has 2 heterocycles. The number of hydrogen-bond acceptors (Lipinski definition) is 5. The third-order valence-corrected chi connectivity index (χ3v) is 3.70. The maximum atomic E-state index is 6.12. The zero-order valence-electron chi connectivity index (χ0n) is 12.2. The van der Waals surface area contributed by atoms with Crippen LogP contribution in [-0.4, -0.2) is 28.9 Å². The smallest absolute Gasteiger partial charge is 0.228 e. The average molecular weight is 267 g/mol. The van der Waals surface area contributed by atoms with Crippen molar-refractivity contribution in [3.63, 3.8) is 0 Å². The van der Waals surface area contributed by atoms with Gasteiger partial charge in [0, 0.05) is 25.5 Å². The van der Waals surface area contributed by atoms with Gasteiger partial charge in [-0.3, -0.25) is 0 Å². The molecule has 2 rings (SSSR count). The van der Waals surface area contributed by atoms with Gasteiger partial charge in [-0.15, -0.1) is 0 Å². The predicted molar refractivity (Wildman–Crippen MR) is 72.7 cm³/mol. The second-order valence-corrected chi connectivity index (χ2v) is 6.47. The molecule has 19 heavy (non-hydrogen) atoms. The summed E-state index contributed by atoms with van der Waals surface area (Å²) in [5.74, 6) is 1.37. The minimum atomic E-state index is 0.0201. The summed E-state index contributed by atoms with van der Waals surface area (Å²) in [5, 5.41) is 4.02. The van der Waals surface area contributed by atoms with Gasteiger partial charge in [0.25, 0.3) is 0 Å². The molecule has 0 amide bonds. The number of aromatic nitrogens is 2. The molecule has 1 aliphatic heterocycles. The minimum absolute atomic E-state index is 0.0201. The van der Waals surface area contributed by atoms with E-state index in [0.29, 0.717) is 12.3 Å². The highest BCUT2D eigenvalue weighted by Crippen LogP contribution is 2.21. The van der Waals surface area contributed by atoms with E-state index in [2.05, 4.69) is 30.9 Å². The van der Waals surface area contributed by atoms with Crippen LogP contribution in [0.15, 0.2) is 4.52 Å². The number of nitrogens with zero attached hydrogens (tertiary/aromatic N) is 2. The first-order chi connectivity index (χ1) is 8.95. The number of rotatable bonds is 4. The van der Waals surface area contributed by atoms with Crippen molar-refractivity contribution in [2.24, 2.45) is 11.1 Å². The SMILES string of the molecule is CC(C)(C)C(N)Cc1nc(CC2CCCCO2)no1. The normalized spacial score (nSPS) is 22.4. The Balaban J connectivity index is 1.88. The molecule has 5 heteroatoms. The third kappa shape index (κ3) is 4.28. The highest BCUT2D eigenvalue weighted by Gasteiger charge is 2.24. The molecule has 0 spiro atoms. The van der Waals surface area contributed by atoms with Crippen LogP contribution in [0.2, 0.25) is 0 Å². The molecule has 0 radical (unpaired) electrons. The van der Waals surface area contributed by atoms with Crippen molar-refractivity contribution < 1.29 is 9.26 Å². The van der Waals surface area contributed by atoms with Crippen molar-refractivity contribution in [3.8, 4) is 0 Å². The van der Waals surface area contributed by atoms with Crippen molar-refractivity contribution in [1.29, 1.82) is 0 Å². The Kier molecular flexibility index (Phi) is 4.58. The van der Waals surface area contributed by atoms with Crippen molar-refractivity contribution in [2.45, 2.75) is 65.0 Å². The van der Waals surface area contributed by atoms with E-state index < -0.39 is 0 Å². The topological polar surface area (TPSA) is 74.2 Å². The van der Waals surface area contributed by atoms with E-state index in [9.17, 15) is 0 Å². The van der Waals surface area contributed by atoms with Crippen molar-refractivity contribution in [3.05, 3.63) is 11.7 Å². The second-order valence-electron chi connectivity index (χ2n) is 6.47. The molecular formula is C14H25N3O2. The first-order valence-corrected chi connectivity index (χ1v) is 7.14. The van der Waals surface area contributed by atoms with Gasteiger partial charge in [0.05, 0.1) is 6.10 Å². The van der Waals surface area contributed by atoms with E-state index in [-0.39, 0.29) is 17.6 Å². The predicted octanol–water partition coefficient (Wildman–Crippen LogP) is 2.10. The van der Waals surface area contributed by atoms with Gasteiger partial charge in [-0.25, -0.2) is 0 Å². The van der Waals surface area contributed by atoms with Gasteiger partial charge in [0.15, 0.2) is 5.82 Å². The largest absolute Gasteiger partial charge is 0.378 e. The second kappa shape index (κ2) is 6.01. The summed E-state index contributed by atoms with van der Waals surface area (Å²) in [6.45, 7) is 7.20. The lowest BCUT2D eigenvalue weighted by Crippen LogP contribution is -2.37. The molecule has 2 unspecified atom stereocenters. The fourth-order valence-electron chi connectivity index (χ4n) is 2.12. The first-order valence-electron chi connectivity index (χ1n) is 7.14. The van der Waals surface area contributed by atoms with Crippen molar-refractivity contribution >= 4 is 0 Å². The van der Waals surface area contributed by atoms with Crippen LogP contribution in [0, 0.1) is 5.41 Å². The van der Waals surface area contributed by atoms with Crippen LogP contribution in [0.1, 0.15) is 51.7 Å². The fraction of sp³-hybridized carbons (Fsp3) is 0.857. The molecular weight excluding hydrogens is 242 g/mol. The lowest BCUT2D eigenvalue weighted by molar-refractivity contribution is 0.0153. The fourth-order valence-corrected chi connectivity index (χ4v) is 2.12. The minimum Gasteiger partial charge on any atom is -0.378 e. The van der Waals surface area contributed by atoms with Gasteiger partial charge in [-0.2, -0.15) is 4.98 Å². The Labute approximate surface area is 114 Å². The molecule has 108 valence electrons. The van der Waals surface area contributed by atoms with Crippen molar-refractivity contribution in [1.82, 2.24) is 10.1 Å². The van der Waals surface area contributed by atoms with Crippen LogP contribution in [0.4, 0.5) is 0 Å². The molecule has 0 bridgehead atoms. The van der Waals surface area contributed by atoms with E-state index in [4.69, 9.17) is 15.0 Å². The summed E-state index contributed by atoms with van der Waals surface area (Å²) >= 11 is 0. The summed E-state index contributed by atoms with van der Waals surface area (Å²) in [6, 6.07) is 0.0201. The molecule has 2 atom stereocenters. The monoisotopic (exact) mass is 267 g/mol. The van der Waals surface area contributed by atoms with Gasteiger partial charge in [0.1, 0.15) is 0 Å². The lowest BCUT2D eigenvalue weighted by Gasteiger charge is -2.25. The summed E-state index contributed by atoms with van der Waals surface area (Å²) < 4.78 is 11.0. The number of hydrogen-bond donors (Lipinski definition) is 1. The van der Waals surface area contributed by atoms with Crippen LogP contribution >= 0.6 is 0 Å². The molecule has 0 saturated carbocycles. The van der Waals surface area contributed by atoms with E-state index in [1.54, 1.807) is 0 Å². The van der Waals surface area contributed by atoms with Crippen LogP contribution < -0.4 is 5.73 Å². The quantitative estimate of drug-likeness (QED) is 0.904. The first kappa shape index (κ1) is 14.5. The number of ether oxygens (including phenoxy) is 1. The average Bonchev–Trinajstić information content (AvgIpc) is 2.76. The van der Waals surface area contributed by atoms with Gasteiger partial charge in [-0.05, 0) is 24.7 Å². The van der Waals surface area contributed by atoms with E-state index in [0.717, 1.165) is 31.7 Å². The van der Waals surface area contributed by atoms with Gasteiger partial charge in [0.2, 0.25) is 5.89 Å². The molecule has 0 aliphatic carbocycles. The Morgan fingerprint density at radius 3 is 2.79 bits per heavy atom. The Morgan fingerprint density at radius 2 is 2.16 bits per heavy atom. The third-order valence-electron chi connectivity index (χ3n) is 3.70. The molecule has 1 aromatic rings. The Hall–Kier alpha value is -0.940. The molecule has 0 aromatic carbocycles. The maximum absolute atomic E-state index is 6.12. The van der Waals surface area contributed by atoms with Crippen LogP contribution in [-0.2, 0) is 17.6 Å².